The molecule has 0 heterocycles. The predicted molar refractivity (Wildman–Crippen MR) is 55.5 cm³/mol. The van der Waals surface area contributed by atoms with Gasteiger partial charge in [0, 0.05) is 0 Å². The second-order valence-corrected chi connectivity index (χ2v) is 1.62. The molecule has 12 heavy (non-hydrogen) atoms. The third kappa shape index (κ3) is 22.4. The van der Waals surface area contributed by atoms with E-state index in [1.54, 1.807) is 13.8 Å². The van der Waals surface area contributed by atoms with Gasteiger partial charge in [-0.1, -0.05) is 20.8 Å². The molecule has 0 bridgehead atoms. The number of nitrogens with zero attached hydrogens (tertiary/aromatic N) is 1. The van der Waals surface area contributed by atoms with Crippen LogP contribution < -0.4 is 0 Å². The summed E-state index contributed by atoms with van der Waals surface area (Å²) in [7, 11) is 0. The van der Waals surface area contributed by atoms with E-state index in [1.807, 2.05) is 0 Å². The summed E-state index contributed by atoms with van der Waals surface area (Å²) < 4.78 is 0. The average molecular weight is 225 g/mol. The van der Waals surface area contributed by atoms with Crippen molar-refractivity contribution in [2.75, 3.05) is 19.6 Å². The molecule has 0 aromatic carbocycles. The zero-order chi connectivity index (χ0) is 9.70. The monoisotopic (exact) mass is 223 g/mol. The summed E-state index contributed by atoms with van der Waals surface area (Å²) in [5.74, 6) is 0. The van der Waals surface area contributed by atoms with Crippen molar-refractivity contribution < 1.29 is 19.5 Å². The first-order valence-electron chi connectivity index (χ1n) is 4.48. The smallest absolute Gasteiger partial charge is 0.346 e. The summed E-state index contributed by atoms with van der Waals surface area (Å²) in [5.41, 5.74) is 0. The van der Waals surface area contributed by atoms with Crippen molar-refractivity contribution in [1.82, 2.24) is 4.90 Å². The number of hydrogen-bond donors (Lipinski definition) is 0. The Kier molecular flexibility index (Phi) is 57.2. The molecule has 0 N–H and O–H groups in total. The van der Waals surface area contributed by atoms with Crippen LogP contribution in [0.1, 0.15) is 34.6 Å². The Bertz CT molecular complexity index is 31.3. The Balaban J connectivity index is -0.0000000560. The van der Waals surface area contributed by atoms with Crippen molar-refractivity contribution in [3.05, 3.63) is 13.8 Å². The van der Waals surface area contributed by atoms with E-state index in [2.05, 4.69) is 39.5 Å². The van der Waals surface area contributed by atoms with Crippen molar-refractivity contribution >= 4 is 0 Å². The van der Waals surface area contributed by atoms with Crippen molar-refractivity contribution in [2.45, 2.75) is 34.6 Å². The largest absolute Gasteiger partial charge is 2.00 e. The summed E-state index contributed by atoms with van der Waals surface area (Å²) in [5, 5.41) is 0. The van der Waals surface area contributed by atoms with Gasteiger partial charge in [0.1, 0.15) is 0 Å². The molecule has 0 radical (unpaired) electrons. The minimum Gasteiger partial charge on any atom is -0.346 e. The van der Waals surface area contributed by atoms with Gasteiger partial charge in [0.2, 0.25) is 0 Å². The molecule has 0 spiro atoms. The molecule has 0 amide bonds. The van der Waals surface area contributed by atoms with Crippen molar-refractivity contribution in [1.29, 1.82) is 0 Å². The van der Waals surface area contributed by atoms with Crippen molar-refractivity contribution in [2.24, 2.45) is 0 Å². The van der Waals surface area contributed by atoms with E-state index in [1.165, 1.54) is 19.6 Å². The van der Waals surface area contributed by atoms with E-state index in [4.69, 9.17) is 0 Å². The maximum Gasteiger partial charge on any atom is 2.00 e. The SMILES string of the molecule is CCN(CC)CC.[CH2-]C.[CH2-]C.[Zn+2]. The van der Waals surface area contributed by atoms with Crippen LogP contribution >= 0.6 is 0 Å². The Labute approximate surface area is 92.7 Å². The fourth-order valence-electron chi connectivity index (χ4n) is 0.671. The molecule has 0 rings (SSSR count). The van der Waals surface area contributed by atoms with Crippen LogP contribution in [-0.2, 0) is 19.5 Å². The standard InChI is InChI=1S/C6H15N.2C2H5.Zn/c1-4-7(5-2)6-3;2*1-2;/h4-6H2,1-3H3;2*1H2,2H3;/q;2*-1;+2. The Morgan fingerprint density at radius 2 is 0.917 bits per heavy atom. The first-order valence-corrected chi connectivity index (χ1v) is 4.48. The van der Waals surface area contributed by atoms with Crippen molar-refractivity contribution in [3.8, 4) is 0 Å². The zero-order valence-electron chi connectivity index (χ0n) is 9.69. The summed E-state index contributed by atoms with van der Waals surface area (Å²) in [6, 6.07) is 0. The molecule has 0 fully saturated rings. The van der Waals surface area contributed by atoms with Gasteiger partial charge in [0.15, 0.2) is 0 Å². The van der Waals surface area contributed by atoms with E-state index >= 15 is 0 Å². The number of hydrogen-bond acceptors (Lipinski definition) is 1. The molecule has 1 nitrogen and oxygen atoms in total. The van der Waals surface area contributed by atoms with Gasteiger partial charge >= 0.3 is 19.5 Å². The topological polar surface area (TPSA) is 3.24 Å². The fraction of sp³-hybridized carbons (Fsp3) is 0.800. The van der Waals surface area contributed by atoms with Crippen LogP contribution in [0.3, 0.4) is 0 Å². The molecule has 0 saturated carbocycles. The van der Waals surface area contributed by atoms with Crippen molar-refractivity contribution in [3.63, 3.8) is 0 Å². The molecule has 0 atom stereocenters. The van der Waals surface area contributed by atoms with E-state index in [9.17, 15) is 0 Å². The summed E-state index contributed by atoms with van der Waals surface area (Å²) >= 11 is 0. The molecule has 0 saturated heterocycles. The Hall–Kier alpha value is 0.583. The second kappa shape index (κ2) is 29.9. The summed E-state index contributed by atoms with van der Waals surface area (Å²) in [6.45, 7) is 20.1. The van der Waals surface area contributed by atoms with Crippen LogP contribution in [0.2, 0.25) is 0 Å². The van der Waals surface area contributed by atoms with Crippen LogP contribution in [0, 0.1) is 13.8 Å². The third-order valence-electron chi connectivity index (χ3n) is 1.34. The van der Waals surface area contributed by atoms with Crippen LogP contribution in [0.15, 0.2) is 0 Å². The van der Waals surface area contributed by atoms with E-state index in [0.29, 0.717) is 0 Å². The summed E-state index contributed by atoms with van der Waals surface area (Å²) in [6.07, 6.45) is 0. The zero-order valence-corrected chi connectivity index (χ0v) is 12.7. The minimum atomic E-state index is 0. The molecule has 72 valence electrons. The Morgan fingerprint density at radius 3 is 0.917 bits per heavy atom. The second-order valence-electron chi connectivity index (χ2n) is 1.62. The maximum absolute atomic E-state index is 3.25. The van der Waals surface area contributed by atoms with Crippen LogP contribution in [-0.4, -0.2) is 24.5 Å². The van der Waals surface area contributed by atoms with Gasteiger partial charge in [0.05, 0.1) is 0 Å². The van der Waals surface area contributed by atoms with Gasteiger partial charge in [-0.05, 0) is 19.6 Å². The van der Waals surface area contributed by atoms with Gasteiger partial charge < -0.3 is 18.7 Å². The van der Waals surface area contributed by atoms with Crippen LogP contribution in [0.25, 0.3) is 0 Å². The van der Waals surface area contributed by atoms with Gasteiger partial charge in [-0.2, -0.15) is 13.8 Å². The van der Waals surface area contributed by atoms with E-state index in [0.717, 1.165) is 0 Å². The van der Waals surface area contributed by atoms with Gasteiger partial charge in [0.25, 0.3) is 0 Å². The van der Waals surface area contributed by atoms with Crippen LogP contribution in [0.4, 0.5) is 0 Å². The molecule has 0 aliphatic heterocycles. The number of rotatable bonds is 3. The molecular weight excluding hydrogens is 200 g/mol. The molecular formula is C10H25NZn. The first kappa shape index (κ1) is 22.9. The van der Waals surface area contributed by atoms with E-state index in [-0.39, 0.29) is 19.5 Å². The normalized spacial score (nSPS) is 7.00. The van der Waals surface area contributed by atoms with Crippen LogP contribution in [0.5, 0.6) is 0 Å². The minimum absolute atomic E-state index is 0. The molecule has 2 heteroatoms. The third-order valence-corrected chi connectivity index (χ3v) is 1.34. The van der Waals surface area contributed by atoms with Gasteiger partial charge in [-0.15, -0.1) is 0 Å². The van der Waals surface area contributed by atoms with Gasteiger partial charge in [-0.25, -0.2) is 0 Å². The predicted octanol–water partition coefficient (Wildman–Crippen LogP) is 3.03. The molecule has 0 aromatic rings. The molecule has 0 unspecified atom stereocenters. The molecule has 0 aliphatic rings. The summed E-state index contributed by atoms with van der Waals surface area (Å²) in [4.78, 5) is 2.38. The molecule has 0 aliphatic carbocycles. The maximum atomic E-state index is 3.25. The average Bonchev–Trinajstić information content (AvgIpc) is 2.14. The fourth-order valence-corrected chi connectivity index (χ4v) is 0.671. The Morgan fingerprint density at radius 1 is 0.750 bits per heavy atom. The van der Waals surface area contributed by atoms with Gasteiger partial charge in [-0.3, -0.25) is 0 Å². The van der Waals surface area contributed by atoms with E-state index < -0.39 is 0 Å². The molecule has 0 aromatic heterocycles. The quantitative estimate of drug-likeness (QED) is 0.526. The first-order chi connectivity index (χ1) is 5.35.